The average molecular weight is 353 g/mol. The molecular weight excluding hydrogens is 330 g/mol. The molecule has 0 unspecified atom stereocenters. The van der Waals surface area contributed by atoms with Crippen LogP contribution in [0.4, 0.5) is 5.69 Å². The topological polar surface area (TPSA) is 88.1 Å². The Morgan fingerprint density at radius 3 is 2.71 bits per heavy atom. The van der Waals surface area contributed by atoms with E-state index < -0.39 is 10.0 Å². The third-order valence-electron chi connectivity index (χ3n) is 3.33. The van der Waals surface area contributed by atoms with E-state index in [9.17, 15) is 13.2 Å². The third-order valence-corrected chi connectivity index (χ3v) is 4.70. The maximum atomic E-state index is 12.3. The predicted molar refractivity (Wildman–Crippen MR) is 92.6 cm³/mol. The molecule has 0 aromatic heterocycles. The van der Waals surface area contributed by atoms with Gasteiger partial charge in [-0.05, 0) is 25.0 Å². The van der Waals surface area contributed by atoms with Crippen LogP contribution in [0.1, 0.15) is 20.8 Å². The zero-order chi connectivity index (χ0) is 17.7. The van der Waals surface area contributed by atoms with E-state index in [1.54, 1.807) is 25.1 Å². The summed E-state index contributed by atoms with van der Waals surface area (Å²) in [6.07, 6.45) is 0. The van der Waals surface area contributed by atoms with E-state index in [1.165, 1.54) is 6.07 Å². The fraction of sp³-hybridized carbons (Fsp3) is 0.500. The minimum atomic E-state index is -3.72. The number of nitrogens with zero attached hydrogens (tertiary/aromatic N) is 2. The van der Waals surface area contributed by atoms with Gasteiger partial charge in [-0.2, -0.15) is 8.42 Å². The normalized spacial score (nSPS) is 15.6. The van der Waals surface area contributed by atoms with Crippen LogP contribution in [0.25, 0.3) is 0 Å². The number of esters is 1. The molecule has 1 heterocycles. The number of sulfonamides is 1. The van der Waals surface area contributed by atoms with Gasteiger partial charge in [0.25, 0.3) is 10.0 Å². The number of anilines is 1. The summed E-state index contributed by atoms with van der Waals surface area (Å²) in [5.74, 6) is 0.281. The average Bonchev–Trinajstić information content (AvgIpc) is 2.46. The Bertz CT molecular complexity index is 729. The smallest absolute Gasteiger partial charge is 0.320 e. The van der Waals surface area contributed by atoms with Gasteiger partial charge in [0.2, 0.25) is 0 Å². The highest BCUT2D eigenvalue weighted by Gasteiger charge is 2.26. The quantitative estimate of drug-likeness (QED) is 0.751. The number of rotatable bonds is 7. The molecule has 1 aliphatic heterocycles. The molecule has 7 nitrogen and oxygen atoms in total. The molecule has 0 amide bonds. The van der Waals surface area contributed by atoms with Crippen LogP contribution in [0.2, 0.25) is 0 Å². The lowest BCUT2D eigenvalue weighted by Gasteiger charge is -2.26. The van der Waals surface area contributed by atoms with Crippen LogP contribution in [-0.2, 0) is 19.6 Å². The summed E-state index contributed by atoms with van der Waals surface area (Å²) in [6, 6.07) is 6.63. The van der Waals surface area contributed by atoms with Crippen LogP contribution in [0.3, 0.4) is 0 Å². The second kappa shape index (κ2) is 7.76. The lowest BCUT2D eigenvalue weighted by Crippen LogP contribution is -2.40. The Labute approximate surface area is 142 Å². The van der Waals surface area contributed by atoms with Crippen molar-refractivity contribution in [2.24, 2.45) is 10.3 Å². The van der Waals surface area contributed by atoms with Gasteiger partial charge in [-0.25, -0.2) is 0 Å². The van der Waals surface area contributed by atoms with Crippen molar-refractivity contribution < 1.29 is 17.9 Å². The van der Waals surface area contributed by atoms with Gasteiger partial charge in [0.05, 0.1) is 25.4 Å². The summed E-state index contributed by atoms with van der Waals surface area (Å²) in [5, 5.41) is 3.04. The molecule has 24 heavy (non-hydrogen) atoms. The monoisotopic (exact) mass is 353 g/mol. The Balaban J connectivity index is 2.17. The van der Waals surface area contributed by atoms with Crippen molar-refractivity contribution in [2.45, 2.75) is 25.7 Å². The molecule has 1 aliphatic rings. The molecule has 0 aliphatic carbocycles. The van der Waals surface area contributed by atoms with Gasteiger partial charge in [-0.1, -0.05) is 26.0 Å². The predicted octanol–water partition coefficient (Wildman–Crippen LogP) is 1.72. The van der Waals surface area contributed by atoms with Crippen LogP contribution >= 0.6 is 0 Å². The minimum Gasteiger partial charge on any atom is -0.465 e. The van der Waals surface area contributed by atoms with Gasteiger partial charge in [-0.15, -0.1) is 4.40 Å². The summed E-state index contributed by atoms with van der Waals surface area (Å²) in [4.78, 5) is 13.8. The molecule has 0 fully saturated rings. The molecule has 0 saturated heterocycles. The summed E-state index contributed by atoms with van der Waals surface area (Å²) in [5.41, 5.74) is 0.503. The standard InChI is InChI=1S/C16H23N3O4S/c1-4-23-16(20)11-19(9-12(2)3)10-15-17-13-7-5-6-8-14(13)24(21,22)18-15/h5-8,12H,4,9-11H2,1-3H3,(H,17,18). The number of hydrogen-bond acceptors (Lipinski definition) is 6. The Kier molecular flexibility index (Phi) is 5.95. The van der Waals surface area contributed by atoms with Crippen LogP contribution in [0.15, 0.2) is 33.6 Å². The Hall–Kier alpha value is -1.93. The highest BCUT2D eigenvalue weighted by Crippen LogP contribution is 2.26. The third kappa shape index (κ3) is 4.78. The lowest BCUT2D eigenvalue weighted by molar-refractivity contribution is -0.144. The van der Waals surface area contributed by atoms with E-state index in [2.05, 4.69) is 9.71 Å². The molecule has 1 aromatic rings. The number of amidine groups is 1. The summed E-state index contributed by atoms with van der Waals surface area (Å²) >= 11 is 0. The molecule has 132 valence electrons. The highest BCUT2D eigenvalue weighted by molar-refractivity contribution is 7.90. The summed E-state index contributed by atoms with van der Waals surface area (Å²) in [7, 11) is -3.72. The van der Waals surface area contributed by atoms with Crippen molar-refractivity contribution in [1.82, 2.24) is 4.90 Å². The number of benzene rings is 1. The molecule has 0 bridgehead atoms. The van der Waals surface area contributed by atoms with E-state index in [0.717, 1.165) is 0 Å². The number of para-hydroxylation sites is 1. The van der Waals surface area contributed by atoms with E-state index in [-0.39, 0.29) is 24.0 Å². The van der Waals surface area contributed by atoms with Gasteiger partial charge in [0.1, 0.15) is 10.7 Å². The second-order valence-electron chi connectivity index (χ2n) is 6.00. The SMILES string of the molecule is CCOC(=O)CN(CC1=NS(=O)(=O)c2ccccc2N1)CC(C)C. The Morgan fingerprint density at radius 2 is 2.04 bits per heavy atom. The van der Waals surface area contributed by atoms with Crippen molar-refractivity contribution in [2.75, 3.05) is 31.6 Å². The molecule has 0 radical (unpaired) electrons. The first kappa shape index (κ1) is 18.4. The maximum absolute atomic E-state index is 12.3. The van der Waals surface area contributed by atoms with Crippen molar-refractivity contribution >= 4 is 27.5 Å². The first-order valence-corrected chi connectivity index (χ1v) is 9.33. The Morgan fingerprint density at radius 1 is 1.33 bits per heavy atom. The molecule has 1 N–H and O–H groups in total. The number of carbonyl (C=O) groups is 1. The van der Waals surface area contributed by atoms with Crippen LogP contribution in [0, 0.1) is 5.92 Å². The van der Waals surface area contributed by atoms with Gasteiger partial charge in [-0.3, -0.25) is 9.69 Å². The second-order valence-corrected chi connectivity index (χ2v) is 7.58. The summed E-state index contributed by atoms with van der Waals surface area (Å²) < 4.78 is 33.4. The summed E-state index contributed by atoms with van der Waals surface area (Å²) in [6.45, 7) is 7.07. The van der Waals surface area contributed by atoms with E-state index in [4.69, 9.17) is 4.74 Å². The molecule has 1 aromatic carbocycles. The number of carbonyl (C=O) groups excluding carboxylic acids is 1. The zero-order valence-corrected chi connectivity index (χ0v) is 15.0. The molecule has 8 heteroatoms. The van der Waals surface area contributed by atoms with Gasteiger partial charge >= 0.3 is 5.97 Å². The zero-order valence-electron chi connectivity index (χ0n) is 14.2. The van der Waals surface area contributed by atoms with Crippen LogP contribution < -0.4 is 5.32 Å². The van der Waals surface area contributed by atoms with Gasteiger partial charge in [0.15, 0.2) is 0 Å². The first-order chi connectivity index (χ1) is 11.3. The number of ether oxygens (including phenoxy) is 1. The lowest BCUT2D eigenvalue weighted by atomic mass is 10.2. The molecule has 0 saturated carbocycles. The molecular formula is C16H23N3O4S. The molecule has 0 spiro atoms. The van der Waals surface area contributed by atoms with Crippen LogP contribution in [0.5, 0.6) is 0 Å². The first-order valence-electron chi connectivity index (χ1n) is 7.89. The van der Waals surface area contributed by atoms with E-state index in [1.807, 2.05) is 18.7 Å². The van der Waals surface area contributed by atoms with E-state index >= 15 is 0 Å². The highest BCUT2D eigenvalue weighted by atomic mass is 32.2. The van der Waals surface area contributed by atoms with Crippen LogP contribution in [-0.4, -0.2) is 51.4 Å². The number of nitrogens with one attached hydrogen (secondary N) is 1. The fourth-order valence-corrected chi connectivity index (χ4v) is 3.68. The minimum absolute atomic E-state index is 0.0917. The van der Waals surface area contributed by atoms with Crippen molar-refractivity contribution in [3.8, 4) is 0 Å². The van der Waals surface area contributed by atoms with Crippen molar-refractivity contribution in [3.63, 3.8) is 0 Å². The number of hydrogen-bond donors (Lipinski definition) is 1. The van der Waals surface area contributed by atoms with Gasteiger partial charge in [0, 0.05) is 6.54 Å². The molecule has 0 atom stereocenters. The van der Waals surface area contributed by atoms with Crippen molar-refractivity contribution in [1.29, 1.82) is 0 Å². The number of fused-ring (bicyclic) bond motifs is 1. The largest absolute Gasteiger partial charge is 0.465 e. The maximum Gasteiger partial charge on any atom is 0.320 e. The van der Waals surface area contributed by atoms with E-state index in [0.29, 0.717) is 30.6 Å². The van der Waals surface area contributed by atoms with Crippen molar-refractivity contribution in [3.05, 3.63) is 24.3 Å². The fourth-order valence-electron chi connectivity index (χ4n) is 2.54. The molecule has 2 rings (SSSR count). The van der Waals surface area contributed by atoms with Gasteiger partial charge < -0.3 is 10.1 Å².